The van der Waals surface area contributed by atoms with Crippen molar-refractivity contribution in [2.45, 2.75) is 30.6 Å². The summed E-state index contributed by atoms with van der Waals surface area (Å²) in [5.74, 6) is 0.572. The zero-order valence-electron chi connectivity index (χ0n) is 12.4. The monoisotopic (exact) mass is 329 g/mol. The van der Waals surface area contributed by atoms with Gasteiger partial charge in [0, 0.05) is 18.5 Å². The van der Waals surface area contributed by atoms with Crippen molar-refractivity contribution in [2.24, 2.45) is 7.05 Å². The van der Waals surface area contributed by atoms with Gasteiger partial charge in [-0.3, -0.25) is 0 Å². The zero-order chi connectivity index (χ0) is 15.6. The summed E-state index contributed by atoms with van der Waals surface area (Å²) in [6.45, 7) is 4.32. The number of hydrogen-bond acceptors (Lipinski definition) is 6. The van der Waals surface area contributed by atoms with E-state index < -0.39 is 16.1 Å². The highest BCUT2D eigenvalue weighted by Crippen LogP contribution is 2.27. The van der Waals surface area contributed by atoms with Gasteiger partial charge in [0.1, 0.15) is 16.4 Å². The maximum absolute atomic E-state index is 12.4. The fourth-order valence-corrected chi connectivity index (χ4v) is 4.80. The number of nitrogens with one attached hydrogen (secondary N) is 2. The fourth-order valence-electron chi connectivity index (χ4n) is 1.98. The molecule has 2 heterocycles. The average Bonchev–Trinajstić information content (AvgIpc) is 2.97. The maximum Gasteiger partial charge on any atom is 0.250 e. The minimum Gasteiger partial charge on any atom is -0.319 e. The molecule has 0 amide bonds. The van der Waals surface area contributed by atoms with Gasteiger partial charge in [-0.05, 0) is 32.5 Å². The van der Waals surface area contributed by atoms with Crippen LogP contribution in [0.2, 0.25) is 0 Å². The normalized spacial score (nSPS) is 13.5. The number of aromatic nitrogens is 3. The standard InChI is InChI=1S/C12H19N5O2S2/c1-8-5-11(20-10(8)6-13-3)21(18,19)16-9(2)12-15-14-7-17(12)4/h5,7,9,13,16H,6H2,1-4H3. The van der Waals surface area contributed by atoms with Crippen LogP contribution in [-0.2, 0) is 23.6 Å². The molecule has 2 N–H and O–H groups in total. The molecular weight excluding hydrogens is 310 g/mol. The summed E-state index contributed by atoms with van der Waals surface area (Å²) in [5, 5.41) is 10.7. The van der Waals surface area contributed by atoms with Crippen LogP contribution < -0.4 is 10.0 Å². The summed E-state index contributed by atoms with van der Waals surface area (Å²) in [6, 6.07) is 1.25. The van der Waals surface area contributed by atoms with Crippen LogP contribution in [0.25, 0.3) is 0 Å². The van der Waals surface area contributed by atoms with E-state index in [1.165, 1.54) is 11.3 Å². The zero-order valence-corrected chi connectivity index (χ0v) is 14.0. The Balaban J connectivity index is 2.22. The predicted molar refractivity (Wildman–Crippen MR) is 81.6 cm³/mol. The number of aryl methyl sites for hydroxylation is 2. The van der Waals surface area contributed by atoms with Gasteiger partial charge < -0.3 is 9.88 Å². The molecule has 0 aliphatic heterocycles. The summed E-state index contributed by atoms with van der Waals surface area (Å²) in [4.78, 5) is 1.02. The van der Waals surface area contributed by atoms with Crippen LogP contribution in [0.3, 0.4) is 0 Å². The highest BCUT2D eigenvalue weighted by atomic mass is 32.2. The first-order chi connectivity index (χ1) is 9.85. The maximum atomic E-state index is 12.4. The third-order valence-electron chi connectivity index (χ3n) is 3.07. The van der Waals surface area contributed by atoms with Gasteiger partial charge in [-0.25, -0.2) is 13.1 Å². The van der Waals surface area contributed by atoms with Gasteiger partial charge in [0.15, 0.2) is 0 Å². The van der Waals surface area contributed by atoms with Crippen LogP contribution in [0.5, 0.6) is 0 Å². The van der Waals surface area contributed by atoms with Gasteiger partial charge in [-0.1, -0.05) is 0 Å². The summed E-state index contributed by atoms with van der Waals surface area (Å²) in [6.07, 6.45) is 1.54. The molecule has 0 aromatic carbocycles. The highest BCUT2D eigenvalue weighted by Gasteiger charge is 2.23. The van der Waals surface area contributed by atoms with Crippen molar-refractivity contribution in [3.63, 3.8) is 0 Å². The Hall–Kier alpha value is -1.29. The van der Waals surface area contributed by atoms with Gasteiger partial charge in [-0.2, -0.15) is 0 Å². The average molecular weight is 329 g/mol. The summed E-state index contributed by atoms with van der Waals surface area (Å²) < 4.78 is 29.5. The first-order valence-electron chi connectivity index (χ1n) is 6.45. The van der Waals surface area contributed by atoms with E-state index >= 15 is 0 Å². The highest BCUT2D eigenvalue weighted by molar-refractivity contribution is 7.91. The van der Waals surface area contributed by atoms with Crippen molar-refractivity contribution >= 4 is 21.4 Å². The minimum atomic E-state index is -3.56. The molecule has 1 unspecified atom stereocenters. The number of thiophene rings is 1. The second-order valence-corrected chi connectivity index (χ2v) is 7.92. The minimum absolute atomic E-state index is 0.319. The van der Waals surface area contributed by atoms with E-state index in [2.05, 4.69) is 20.2 Å². The lowest BCUT2D eigenvalue weighted by atomic mass is 10.3. The van der Waals surface area contributed by atoms with Crippen molar-refractivity contribution in [3.05, 3.63) is 28.7 Å². The lowest BCUT2D eigenvalue weighted by Crippen LogP contribution is -2.28. The Kier molecular flexibility index (Phi) is 4.77. The molecular formula is C12H19N5O2S2. The Morgan fingerprint density at radius 2 is 2.19 bits per heavy atom. The number of sulfonamides is 1. The lowest BCUT2D eigenvalue weighted by molar-refractivity contribution is 0.555. The molecule has 2 aromatic rings. The molecule has 7 nitrogen and oxygen atoms in total. The molecule has 0 aliphatic rings. The van der Waals surface area contributed by atoms with E-state index in [0.29, 0.717) is 16.6 Å². The van der Waals surface area contributed by atoms with Crippen molar-refractivity contribution in [3.8, 4) is 0 Å². The number of hydrogen-bond donors (Lipinski definition) is 2. The van der Waals surface area contributed by atoms with E-state index in [-0.39, 0.29) is 0 Å². The number of rotatable bonds is 6. The SMILES string of the molecule is CNCc1sc(S(=O)(=O)NC(C)c2nncn2C)cc1C. The van der Waals surface area contributed by atoms with Gasteiger partial charge in [0.05, 0.1) is 6.04 Å². The molecule has 0 bridgehead atoms. The third-order valence-corrected chi connectivity index (χ3v) is 6.32. The largest absolute Gasteiger partial charge is 0.319 e. The van der Waals surface area contributed by atoms with Crippen LogP contribution in [0.15, 0.2) is 16.6 Å². The van der Waals surface area contributed by atoms with Crippen LogP contribution >= 0.6 is 11.3 Å². The van der Waals surface area contributed by atoms with E-state index in [0.717, 1.165) is 10.4 Å². The first kappa shape index (κ1) is 16.1. The second-order valence-electron chi connectivity index (χ2n) is 4.84. The van der Waals surface area contributed by atoms with Crippen LogP contribution in [0.1, 0.15) is 29.2 Å². The van der Waals surface area contributed by atoms with Crippen molar-refractivity contribution in [1.82, 2.24) is 24.8 Å². The molecule has 0 spiro atoms. The van der Waals surface area contributed by atoms with E-state index in [4.69, 9.17) is 0 Å². The van der Waals surface area contributed by atoms with Crippen LogP contribution in [-0.4, -0.2) is 30.2 Å². The third kappa shape index (κ3) is 3.49. The Bertz CT molecular complexity index is 720. The Morgan fingerprint density at radius 1 is 1.48 bits per heavy atom. The van der Waals surface area contributed by atoms with Gasteiger partial charge >= 0.3 is 0 Å². The van der Waals surface area contributed by atoms with Crippen LogP contribution in [0.4, 0.5) is 0 Å². The summed E-state index contributed by atoms with van der Waals surface area (Å²) in [5.41, 5.74) is 0.973. The lowest BCUT2D eigenvalue weighted by Gasteiger charge is -2.12. The molecule has 1 atom stereocenters. The predicted octanol–water partition coefficient (Wildman–Crippen LogP) is 0.944. The molecule has 0 radical (unpaired) electrons. The van der Waals surface area contributed by atoms with Gasteiger partial charge in [-0.15, -0.1) is 21.5 Å². The Morgan fingerprint density at radius 3 is 2.76 bits per heavy atom. The number of nitrogens with zero attached hydrogens (tertiary/aromatic N) is 3. The van der Waals surface area contributed by atoms with E-state index in [1.807, 2.05) is 14.0 Å². The topological polar surface area (TPSA) is 88.9 Å². The fraction of sp³-hybridized carbons (Fsp3) is 0.500. The Labute approximate surface area is 128 Å². The molecule has 0 saturated heterocycles. The van der Waals surface area contributed by atoms with Gasteiger partial charge in [0.2, 0.25) is 0 Å². The van der Waals surface area contributed by atoms with Crippen LogP contribution in [0, 0.1) is 6.92 Å². The molecule has 116 valence electrons. The van der Waals surface area contributed by atoms with Crippen molar-refractivity contribution in [2.75, 3.05) is 7.05 Å². The smallest absolute Gasteiger partial charge is 0.250 e. The van der Waals surface area contributed by atoms with Crippen molar-refractivity contribution < 1.29 is 8.42 Å². The molecule has 0 aliphatic carbocycles. The molecule has 0 saturated carbocycles. The molecule has 0 fully saturated rings. The second kappa shape index (κ2) is 6.22. The van der Waals surface area contributed by atoms with Gasteiger partial charge in [0.25, 0.3) is 10.0 Å². The van der Waals surface area contributed by atoms with Crippen molar-refractivity contribution in [1.29, 1.82) is 0 Å². The summed E-state index contributed by atoms with van der Waals surface area (Å²) in [7, 11) is 0.0506. The molecule has 21 heavy (non-hydrogen) atoms. The summed E-state index contributed by atoms with van der Waals surface area (Å²) >= 11 is 1.28. The molecule has 2 aromatic heterocycles. The quantitative estimate of drug-likeness (QED) is 0.823. The first-order valence-corrected chi connectivity index (χ1v) is 8.75. The van der Waals surface area contributed by atoms with E-state index in [9.17, 15) is 8.42 Å². The van der Waals surface area contributed by atoms with E-state index in [1.54, 1.807) is 30.9 Å². The molecule has 9 heteroatoms. The molecule has 2 rings (SSSR count).